The summed E-state index contributed by atoms with van der Waals surface area (Å²) in [5, 5.41) is 1.00. The van der Waals surface area contributed by atoms with Crippen molar-refractivity contribution in [1.82, 2.24) is 4.98 Å². The van der Waals surface area contributed by atoms with E-state index in [-0.39, 0.29) is 0 Å². The van der Waals surface area contributed by atoms with Crippen LogP contribution in [-0.2, 0) is 10.1 Å². The van der Waals surface area contributed by atoms with Gasteiger partial charge in [0.1, 0.15) is 5.15 Å². The van der Waals surface area contributed by atoms with Crippen LogP contribution in [0.5, 0.6) is 0 Å². The largest absolute Gasteiger partial charge is 0.287 e. The van der Waals surface area contributed by atoms with E-state index in [9.17, 15) is 8.42 Å². The molecule has 1 rings (SSSR count). The Bertz CT molecular complexity index is 410. The van der Waals surface area contributed by atoms with Gasteiger partial charge in [0.25, 0.3) is 10.1 Å². The van der Waals surface area contributed by atoms with Gasteiger partial charge in [0.15, 0.2) is 0 Å². The fraction of sp³-hybridized carbons (Fsp3) is 0. The zero-order chi connectivity index (χ0) is 9.90. The Kier molecular flexibility index (Phi) is 3.02. The van der Waals surface area contributed by atoms with Crippen LogP contribution in [0.2, 0.25) is 5.15 Å². The van der Waals surface area contributed by atoms with E-state index in [0.717, 1.165) is 0 Å². The highest BCUT2D eigenvalue weighted by Crippen LogP contribution is 2.07. The van der Waals surface area contributed by atoms with Crippen LogP contribution in [0, 0.1) is 0 Å². The molecule has 0 radical (unpaired) electrons. The van der Waals surface area contributed by atoms with Gasteiger partial charge in [0.05, 0.1) is 5.41 Å². The van der Waals surface area contributed by atoms with Gasteiger partial charge in [-0.15, -0.1) is 0 Å². The van der Waals surface area contributed by atoms with Gasteiger partial charge in [-0.2, -0.15) is 8.42 Å². The molecule has 0 fully saturated rings. The Morgan fingerprint density at radius 2 is 2.15 bits per heavy atom. The predicted molar refractivity (Wildman–Crippen MR) is 49.8 cm³/mol. The van der Waals surface area contributed by atoms with E-state index in [1.807, 2.05) is 0 Å². The van der Waals surface area contributed by atoms with Crippen molar-refractivity contribution in [3.05, 3.63) is 34.5 Å². The van der Waals surface area contributed by atoms with Gasteiger partial charge in [0, 0.05) is 6.20 Å². The summed E-state index contributed by atoms with van der Waals surface area (Å²) in [7, 11) is -4.07. The second-order valence-corrected chi connectivity index (χ2v) is 3.92. The highest BCUT2D eigenvalue weighted by atomic mass is 35.5. The van der Waals surface area contributed by atoms with E-state index < -0.39 is 10.1 Å². The summed E-state index contributed by atoms with van der Waals surface area (Å²) < 4.78 is 29.0. The summed E-state index contributed by atoms with van der Waals surface area (Å²) in [6.45, 7) is 0. The molecule has 0 atom stereocenters. The molecule has 0 spiro atoms. The van der Waals surface area contributed by atoms with E-state index in [1.165, 1.54) is 18.3 Å². The van der Waals surface area contributed by atoms with E-state index >= 15 is 0 Å². The zero-order valence-corrected chi connectivity index (χ0v) is 7.96. The first-order valence-corrected chi connectivity index (χ1v) is 5.12. The first-order valence-electron chi connectivity index (χ1n) is 3.24. The second kappa shape index (κ2) is 3.87. The van der Waals surface area contributed by atoms with Gasteiger partial charge in [-0.3, -0.25) is 4.55 Å². The molecule has 70 valence electrons. The Morgan fingerprint density at radius 1 is 1.46 bits per heavy atom. The first kappa shape index (κ1) is 10.2. The SMILES string of the molecule is O=S(=O)(O)C=Cc1ccc(Cl)nc1. The smallest absolute Gasteiger partial charge is 0.282 e. The maximum Gasteiger partial charge on any atom is 0.287 e. The molecule has 0 aromatic carbocycles. The number of hydrogen-bond donors (Lipinski definition) is 1. The fourth-order valence-corrected chi connectivity index (χ4v) is 1.09. The van der Waals surface area contributed by atoms with Crippen LogP contribution >= 0.6 is 11.6 Å². The molecule has 0 saturated carbocycles. The second-order valence-electron chi connectivity index (χ2n) is 2.23. The van der Waals surface area contributed by atoms with Crippen LogP contribution in [0.3, 0.4) is 0 Å². The van der Waals surface area contributed by atoms with E-state index in [4.69, 9.17) is 16.2 Å². The maximum absolute atomic E-state index is 10.3. The lowest BCUT2D eigenvalue weighted by Crippen LogP contribution is -1.89. The number of rotatable bonds is 2. The maximum atomic E-state index is 10.3. The predicted octanol–water partition coefficient (Wildman–Crippen LogP) is 1.59. The van der Waals surface area contributed by atoms with Crippen molar-refractivity contribution >= 4 is 27.8 Å². The summed E-state index contributed by atoms with van der Waals surface area (Å²) in [5.74, 6) is 0. The molecule has 0 aliphatic heterocycles. The van der Waals surface area contributed by atoms with Gasteiger partial charge in [-0.1, -0.05) is 17.7 Å². The highest BCUT2D eigenvalue weighted by Gasteiger charge is 1.95. The Labute approximate surface area is 80.6 Å². The third-order valence-corrected chi connectivity index (χ3v) is 1.89. The van der Waals surface area contributed by atoms with Crippen LogP contribution in [0.15, 0.2) is 23.7 Å². The summed E-state index contributed by atoms with van der Waals surface area (Å²) in [4.78, 5) is 3.72. The molecular weight excluding hydrogens is 214 g/mol. The summed E-state index contributed by atoms with van der Waals surface area (Å²) in [6, 6.07) is 3.10. The molecule has 0 bridgehead atoms. The normalized spacial score (nSPS) is 12.2. The monoisotopic (exact) mass is 219 g/mol. The van der Waals surface area contributed by atoms with Crippen molar-refractivity contribution in [3.8, 4) is 0 Å². The van der Waals surface area contributed by atoms with Crippen molar-refractivity contribution in [2.24, 2.45) is 0 Å². The summed E-state index contributed by atoms with van der Waals surface area (Å²) in [5.41, 5.74) is 0.544. The van der Waals surface area contributed by atoms with Crippen LogP contribution in [0.1, 0.15) is 5.56 Å². The number of aromatic nitrogens is 1. The topological polar surface area (TPSA) is 67.3 Å². The molecule has 0 amide bonds. The number of pyridine rings is 1. The summed E-state index contributed by atoms with van der Waals surface area (Å²) in [6.07, 6.45) is 2.61. The van der Waals surface area contributed by atoms with Crippen LogP contribution in [0.4, 0.5) is 0 Å². The number of hydrogen-bond acceptors (Lipinski definition) is 3. The molecule has 1 N–H and O–H groups in total. The van der Waals surface area contributed by atoms with E-state index in [2.05, 4.69) is 4.98 Å². The average molecular weight is 220 g/mol. The lowest BCUT2D eigenvalue weighted by atomic mass is 10.3. The molecule has 4 nitrogen and oxygen atoms in total. The van der Waals surface area contributed by atoms with Crippen molar-refractivity contribution in [3.63, 3.8) is 0 Å². The minimum absolute atomic E-state index is 0.323. The molecule has 0 saturated heterocycles. The van der Waals surface area contributed by atoms with Gasteiger partial charge in [-0.25, -0.2) is 4.98 Å². The average Bonchev–Trinajstić information content (AvgIpc) is 2.02. The molecule has 0 aliphatic rings. The van der Waals surface area contributed by atoms with Crippen molar-refractivity contribution in [2.45, 2.75) is 0 Å². The molecular formula is C7H6ClNO3S. The third-order valence-electron chi connectivity index (χ3n) is 1.18. The Hall–Kier alpha value is -0.910. The van der Waals surface area contributed by atoms with Crippen LogP contribution in [0.25, 0.3) is 6.08 Å². The Balaban J connectivity index is 2.88. The van der Waals surface area contributed by atoms with Crippen LogP contribution < -0.4 is 0 Å². The molecule has 1 heterocycles. The highest BCUT2D eigenvalue weighted by molar-refractivity contribution is 7.88. The molecule has 1 aromatic rings. The quantitative estimate of drug-likeness (QED) is 0.606. The van der Waals surface area contributed by atoms with Crippen molar-refractivity contribution < 1.29 is 13.0 Å². The summed E-state index contributed by atoms with van der Waals surface area (Å²) >= 11 is 5.50. The zero-order valence-electron chi connectivity index (χ0n) is 6.38. The number of nitrogens with zero attached hydrogens (tertiary/aromatic N) is 1. The van der Waals surface area contributed by atoms with Crippen molar-refractivity contribution in [2.75, 3.05) is 0 Å². The number of halogens is 1. The minimum Gasteiger partial charge on any atom is -0.282 e. The first-order chi connectivity index (χ1) is 5.97. The lowest BCUT2D eigenvalue weighted by molar-refractivity contribution is 0.494. The van der Waals surface area contributed by atoms with Gasteiger partial charge in [0.2, 0.25) is 0 Å². The van der Waals surface area contributed by atoms with Gasteiger partial charge in [-0.05, 0) is 17.7 Å². The fourth-order valence-electron chi connectivity index (χ4n) is 0.650. The van der Waals surface area contributed by atoms with Crippen LogP contribution in [-0.4, -0.2) is 18.0 Å². The minimum atomic E-state index is -4.07. The third kappa shape index (κ3) is 4.02. The van der Waals surface area contributed by atoms with Gasteiger partial charge < -0.3 is 0 Å². The molecule has 0 unspecified atom stereocenters. The molecule has 1 aromatic heterocycles. The van der Waals surface area contributed by atoms with Crippen molar-refractivity contribution in [1.29, 1.82) is 0 Å². The molecule has 0 aliphatic carbocycles. The Morgan fingerprint density at radius 3 is 2.62 bits per heavy atom. The lowest BCUT2D eigenvalue weighted by Gasteiger charge is -1.91. The van der Waals surface area contributed by atoms with E-state index in [1.54, 1.807) is 6.07 Å². The van der Waals surface area contributed by atoms with Gasteiger partial charge >= 0.3 is 0 Å². The standard InChI is InChI=1S/C7H6ClNO3S/c8-7-2-1-6(5-9-7)3-4-13(10,11)12/h1-5H,(H,10,11,12). The molecule has 13 heavy (non-hydrogen) atoms. The molecule has 6 heteroatoms. The van der Waals surface area contributed by atoms with E-state index in [0.29, 0.717) is 16.1 Å².